The highest BCUT2D eigenvalue weighted by molar-refractivity contribution is 6.32. The van der Waals surface area contributed by atoms with E-state index in [1.165, 1.54) is 0 Å². The first-order valence-electron chi connectivity index (χ1n) is 7.33. The van der Waals surface area contributed by atoms with Gasteiger partial charge < -0.3 is 10.1 Å². The Morgan fingerprint density at radius 1 is 1.08 bits per heavy atom. The van der Waals surface area contributed by atoms with Gasteiger partial charge in [0.2, 0.25) is 0 Å². The van der Waals surface area contributed by atoms with Gasteiger partial charge in [-0.3, -0.25) is 9.78 Å². The Labute approximate surface area is 145 Å². The van der Waals surface area contributed by atoms with Gasteiger partial charge in [0.15, 0.2) is 0 Å². The van der Waals surface area contributed by atoms with Crippen molar-refractivity contribution in [1.29, 1.82) is 0 Å². The maximum absolute atomic E-state index is 12.3. The molecule has 0 saturated heterocycles. The Morgan fingerprint density at radius 3 is 2.50 bits per heavy atom. The first kappa shape index (κ1) is 16.0. The highest BCUT2D eigenvalue weighted by atomic mass is 35.5. The minimum absolute atomic E-state index is 0.200. The zero-order chi connectivity index (χ0) is 16.9. The predicted molar refractivity (Wildman–Crippen MR) is 95.6 cm³/mol. The fourth-order valence-corrected chi connectivity index (χ4v) is 2.55. The number of rotatable bonds is 4. The van der Waals surface area contributed by atoms with Gasteiger partial charge in [0.05, 0.1) is 12.1 Å². The molecule has 0 saturated carbocycles. The van der Waals surface area contributed by atoms with Crippen molar-refractivity contribution >= 4 is 23.2 Å². The van der Waals surface area contributed by atoms with Crippen molar-refractivity contribution < 1.29 is 9.53 Å². The normalized spacial score (nSPS) is 10.2. The number of carbonyl (C=O) groups excluding carboxylic acids is 1. The van der Waals surface area contributed by atoms with E-state index in [9.17, 15) is 4.79 Å². The SMILES string of the molecule is COc1ccc(NC(=O)c2ccc(-c3cccnc3)cc2)cc1Cl. The lowest BCUT2D eigenvalue weighted by Gasteiger charge is -2.08. The van der Waals surface area contributed by atoms with Crippen LogP contribution in [0.5, 0.6) is 5.75 Å². The van der Waals surface area contributed by atoms with Gasteiger partial charge in [0, 0.05) is 23.6 Å². The maximum Gasteiger partial charge on any atom is 0.255 e. The molecule has 0 spiro atoms. The Balaban J connectivity index is 1.75. The summed E-state index contributed by atoms with van der Waals surface area (Å²) in [5.41, 5.74) is 3.19. The summed E-state index contributed by atoms with van der Waals surface area (Å²) in [7, 11) is 1.54. The van der Waals surface area contributed by atoms with Gasteiger partial charge in [0.25, 0.3) is 5.91 Å². The number of benzene rings is 2. The molecule has 0 fully saturated rings. The topological polar surface area (TPSA) is 51.2 Å². The number of pyridine rings is 1. The van der Waals surface area contributed by atoms with Crippen molar-refractivity contribution in [3.05, 3.63) is 77.6 Å². The molecule has 120 valence electrons. The van der Waals surface area contributed by atoms with E-state index in [0.717, 1.165) is 11.1 Å². The number of halogens is 1. The monoisotopic (exact) mass is 338 g/mol. The van der Waals surface area contributed by atoms with Crippen molar-refractivity contribution in [2.45, 2.75) is 0 Å². The number of methoxy groups -OCH3 is 1. The molecule has 4 nitrogen and oxygen atoms in total. The molecule has 2 aromatic carbocycles. The van der Waals surface area contributed by atoms with Crippen LogP contribution >= 0.6 is 11.6 Å². The third-order valence-electron chi connectivity index (χ3n) is 3.55. The second-order valence-electron chi connectivity index (χ2n) is 5.12. The number of nitrogens with zero attached hydrogens (tertiary/aromatic N) is 1. The number of carbonyl (C=O) groups is 1. The Morgan fingerprint density at radius 2 is 1.88 bits per heavy atom. The van der Waals surface area contributed by atoms with Crippen molar-refractivity contribution in [1.82, 2.24) is 4.98 Å². The lowest BCUT2D eigenvalue weighted by molar-refractivity contribution is 0.102. The van der Waals surface area contributed by atoms with Gasteiger partial charge in [-0.05, 0) is 47.5 Å². The standard InChI is InChI=1S/C19H15ClN2O2/c1-24-18-9-8-16(11-17(18)20)22-19(23)14-6-4-13(5-7-14)15-3-2-10-21-12-15/h2-12H,1H3,(H,22,23). The molecular weight excluding hydrogens is 324 g/mol. The molecule has 0 aliphatic rings. The molecule has 3 aromatic rings. The molecule has 3 rings (SSSR count). The second-order valence-corrected chi connectivity index (χ2v) is 5.53. The zero-order valence-corrected chi connectivity index (χ0v) is 13.7. The lowest BCUT2D eigenvalue weighted by atomic mass is 10.1. The average Bonchev–Trinajstić information content (AvgIpc) is 2.63. The van der Waals surface area contributed by atoms with Crippen molar-refractivity contribution in [3.8, 4) is 16.9 Å². The molecule has 0 radical (unpaired) electrons. The Bertz CT molecular complexity index is 849. The van der Waals surface area contributed by atoms with E-state index in [4.69, 9.17) is 16.3 Å². The number of ether oxygens (including phenoxy) is 1. The van der Waals surface area contributed by atoms with Gasteiger partial charge >= 0.3 is 0 Å². The van der Waals surface area contributed by atoms with Crippen molar-refractivity contribution in [3.63, 3.8) is 0 Å². The Kier molecular flexibility index (Phi) is 4.77. The summed E-state index contributed by atoms with van der Waals surface area (Å²) in [6.07, 6.45) is 3.51. The van der Waals surface area contributed by atoms with E-state index in [1.54, 1.807) is 49.8 Å². The smallest absolute Gasteiger partial charge is 0.255 e. The summed E-state index contributed by atoms with van der Waals surface area (Å²) < 4.78 is 5.10. The summed E-state index contributed by atoms with van der Waals surface area (Å²) in [6, 6.07) is 16.3. The van der Waals surface area contributed by atoms with E-state index in [0.29, 0.717) is 22.0 Å². The largest absolute Gasteiger partial charge is 0.495 e. The van der Waals surface area contributed by atoms with Gasteiger partial charge in [-0.2, -0.15) is 0 Å². The van der Waals surface area contributed by atoms with E-state index in [-0.39, 0.29) is 5.91 Å². The van der Waals surface area contributed by atoms with E-state index >= 15 is 0 Å². The summed E-state index contributed by atoms with van der Waals surface area (Å²) in [4.78, 5) is 16.4. The van der Waals surface area contributed by atoms with Crippen LogP contribution in [0, 0.1) is 0 Å². The number of nitrogens with one attached hydrogen (secondary N) is 1. The van der Waals surface area contributed by atoms with Gasteiger partial charge in [-0.15, -0.1) is 0 Å². The van der Waals surface area contributed by atoms with Gasteiger partial charge in [0.1, 0.15) is 5.75 Å². The highest BCUT2D eigenvalue weighted by Gasteiger charge is 2.08. The van der Waals surface area contributed by atoms with Gasteiger partial charge in [-0.25, -0.2) is 0 Å². The van der Waals surface area contributed by atoms with Crippen LogP contribution in [0.25, 0.3) is 11.1 Å². The van der Waals surface area contributed by atoms with Crippen LogP contribution < -0.4 is 10.1 Å². The predicted octanol–water partition coefficient (Wildman–Crippen LogP) is 4.66. The number of aromatic nitrogens is 1. The Hall–Kier alpha value is -2.85. The molecule has 0 aliphatic heterocycles. The van der Waals surface area contributed by atoms with Crippen LogP contribution in [0.3, 0.4) is 0 Å². The first-order valence-corrected chi connectivity index (χ1v) is 7.70. The summed E-state index contributed by atoms with van der Waals surface area (Å²) >= 11 is 6.07. The highest BCUT2D eigenvalue weighted by Crippen LogP contribution is 2.27. The summed E-state index contributed by atoms with van der Waals surface area (Å²) in [6.45, 7) is 0. The van der Waals surface area contributed by atoms with Crippen LogP contribution in [0.2, 0.25) is 5.02 Å². The average molecular weight is 339 g/mol. The van der Waals surface area contributed by atoms with E-state index in [1.807, 2.05) is 24.3 Å². The maximum atomic E-state index is 12.3. The molecule has 0 unspecified atom stereocenters. The molecule has 5 heteroatoms. The summed E-state index contributed by atoms with van der Waals surface area (Å²) in [5, 5.41) is 3.26. The minimum atomic E-state index is -0.200. The third-order valence-corrected chi connectivity index (χ3v) is 3.85. The van der Waals surface area contributed by atoms with Gasteiger partial charge in [-0.1, -0.05) is 29.8 Å². The third kappa shape index (κ3) is 3.55. The fourth-order valence-electron chi connectivity index (χ4n) is 2.29. The quantitative estimate of drug-likeness (QED) is 0.752. The van der Waals surface area contributed by atoms with Crippen LogP contribution in [0.4, 0.5) is 5.69 Å². The first-order chi connectivity index (χ1) is 11.7. The van der Waals surface area contributed by atoms with Crippen LogP contribution in [0.15, 0.2) is 67.0 Å². The van der Waals surface area contributed by atoms with E-state index in [2.05, 4.69) is 10.3 Å². The zero-order valence-electron chi connectivity index (χ0n) is 13.0. The molecule has 0 aliphatic carbocycles. The fraction of sp³-hybridized carbons (Fsp3) is 0.0526. The molecule has 0 atom stereocenters. The van der Waals surface area contributed by atoms with Crippen molar-refractivity contribution in [2.75, 3.05) is 12.4 Å². The molecule has 0 bridgehead atoms. The summed E-state index contributed by atoms with van der Waals surface area (Å²) in [5.74, 6) is 0.365. The number of hydrogen-bond donors (Lipinski definition) is 1. The molecule has 1 amide bonds. The van der Waals surface area contributed by atoms with Crippen LogP contribution in [-0.2, 0) is 0 Å². The van der Waals surface area contributed by atoms with Crippen molar-refractivity contribution in [2.24, 2.45) is 0 Å². The number of amides is 1. The number of hydrogen-bond acceptors (Lipinski definition) is 3. The van der Waals surface area contributed by atoms with Crippen LogP contribution in [-0.4, -0.2) is 18.0 Å². The van der Waals surface area contributed by atoms with E-state index < -0.39 is 0 Å². The molecule has 1 N–H and O–H groups in total. The minimum Gasteiger partial charge on any atom is -0.495 e. The van der Waals surface area contributed by atoms with Crippen LogP contribution in [0.1, 0.15) is 10.4 Å². The molecule has 1 aromatic heterocycles. The lowest BCUT2D eigenvalue weighted by Crippen LogP contribution is -2.11. The second kappa shape index (κ2) is 7.15. The molecular formula is C19H15ClN2O2. The molecule has 1 heterocycles. The number of anilines is 1. The molecule has 24 heavy (non-hydrogen) atoms.